The van der Waals surface area contributed by atoms with Gasteiger partial charge in [0, 0.05) is 13.1 Å². The molecule has 1 atom stereocenters. The minimum absolute atomic E-state index is 0.205. The van der Waals surface area contributed by atoms with Crippen molar-refractivity contribution in [3.8, 4) is 0 Å². The Morgan fingerprint density at radius 1 is 1.54 bits per heavy atom. The van der Waals surface area contributed by atoms with Crippen LogP contribution in [0, 0.1) is 5.92 Å². The zero-order valence-corrected chi connectivity index (χ0v) is 8.89. The lowest BCUT2D eigenvalue weighted by Crippen LogP contribution is -2.31. The van der Waals surface area contributed by atoms with E-state index in [1.165, 1.54) is 0 Å². The summed E-state index contributed by atoms with van der Waals surface area (Å²) in [6.07, 6.45) is 1.55. The van der Waals surface area contributed by atoms with Crippen LogP contribution in [0.5, 0.6) is 0 Å². The van der Waals surface area contributed by atoms with Gasteiger partial charge in [0.05, 0.1) is 5.75 Å². The van der Waals surface area contributed by atoms with Crippen LogP contribution in [0.15, 0.2) is 0 Å². The van der Waals surface area contributed by atoms with E-state index in [0.717, 1.165) is 6.42 Å². The highest BCUT2D eigenvalue weighted by atomic mass is 32.2. The molecule has 1 heterocycles. The molecule has 4 nitrogen and oxygen atoms in total. The summed E-state index contributed by atoms with van der Waals surface area (Å²) in [6.45, 7) is 3.90. The Balaban J connectivity index is 2.50. The summed E-state index contributed by atoms with van der Waals surface area (Å²) in [4.78, 5) is 0. The van der Waals surface area contributed by atoms with Gasteiger partial charge in [-0.2, -0.15) is 0 Å². The lowest BCUT2D eigenvalue weighted by atomic mass is 10.2. The molecular weight excluding hydrogens is 188 g/mol. The first-order valence-corrected chi connectivity index (χ1v) is 6.35. The van der Waals surface area contributed by atoms with Gasteiger partial charge in [-0.25, -0.2) is 12.7 Å². The van der Waals surface area contributed by atoms with Gasteiger partial charge in [0.25, 0.3) is 0 Å². The van der Waals surface area contributed by atoms with E-state index in [1.54, 1.807) is 4.31 Å². The van der Waals surface area contributed by atoms with Crippen molar-refractivity contribution < 1.29 is 8.42 Å². The van der Waals surface area contributed by atoms with Crippen molar-refractivity contribution >= 4 is 10.0 Å². The third-order valence-electron chi connectivity index (χ3n) is 2.39. The van der Waals surface area contributed by atoms with Crippen LogP contribution in [0.2, 0.25) is 0 Å². The van der Waals surface area contributed by atoms with Gasteiger partial charge in [0.1, 0.15) is 0 Å². The molecular formula is C8H18N2O2S. The molecule has 1 aliphatic rings. The molecule has 0 spiro atoms. The predicted molar refractivity (Wildman–Crippen MR) is 52.8 cm³/mol. The molecule has 0 saturated carbocycles. The lowest BCUT2D eigenvalue weighted by Gasteiger charge is -2.15. The molecule has 2 N–H and O–H groups in total. The number of hydrogen-bond donors (Lipinski definition) is 1. The first-order chi connectivity index (χ1) is 6.06. The van der Waals surface area contributed by atoms with Crippen LogP contribution >= 0.6 is 0 Å². The van der Waals surface area contributed by atoms with E-state index in [1.807, 2.05) is 0 Å². The predicted octanol–water partition coefficient (Wildman–Crippen LogP) is 0.00680. The minimum Gasteiger partial charge on any atom is -0.330 e. The van der Waals surface area contributed by atoms with Gasteiger partial charge < -0.3 is 5.73 Å². The Labute approximate surface area is 80.1 Å². The second kappa shape index (κ2) is 4.39. The number of sulfonamides is 1. The molecule has 78 valence electrons. The maximum atomic E-state index is 11.6. The third kappa shape index (κ3) is 2.93. The Kier molecular flexibility index (Phi) is 3.70. The van der Waals surface area contributed by atoms with E-state index < -0.39 is 10.0 Å². The highest BCUT2D eigenvalue weighted by molar-refractivity contribution is 7.89. The Morgan fingerprint density at radius 3 is 2.69 bits per heavy atom. The molecule has 1 rings (SSSR count). The minimum atomic E-state index is -3.00. The molecule has 0 aromatic carbocycles. The molecule has 1 fully saturated rings. The van der Waals surface area contributed by atoms with Crippen LogP contribution in [0.3, 0.4) is 0 Å². The fourth-order valence-electron chi connectivity index (χ4n) is 1.54. The quantitative estimate of drug-likeness (QED) is 0.704. The van der Waals surface area contributed by atoms with E-state index in [2.05, 4.69) is 6.92 Å². The first-order valence-electron chi connectivity index (χ1n) is 4.74. The lowest BCUT2D eigenvalue weighted by molar-refractivity contribution is 0.463. The Bertz CT molecular complexity index is 251. The molecule has 5 heteroatoms. The van der Waals surface area contributed by atoms with Crippen molar-refractivity contribution in [2.45, 2.75) is 19.8 Å². The molecule has 1 saturated heterocycles. The van der Waals surface area contributed by atoms with Gasteiger partial charge in [0.2, 0.25) is 10.0 Å². The van der Waals surface area contributed by atoms with Gasteiger partial charge in [-0.15, -0.1) is 0 Å². The van der Waals surface area contributed by atoms with Crippen LogP contribution in [-0.4, -0.2) is 38.1 Å². The summed E-state index contributed by atoms with van der Waals surface area (Å²) in [5, 5.41) is 0. The van der Waals surface area contributed by atoms with Crippen molar-refractivity contribution in [2.24, 2.45) is 11.7 Å². The van der Waals surface area contributed by atoms with Gasteiger partial charge in [-0.3, -0.25) is 0 Å². The zero-order chi connectivity index (χ0) is 9.90. The summed E-state index contributed by atoms with van der Waals surface area (Å²) in [6, 6.07) is 0. The third-order valence-corrected chi connectivity index (χ3v) is 4.31. The van der Waals surface area contributed by atoms with E-state index in [9.17, 15) is 8.42 Å². The summed E-state index contributed by atoms with van der Waals surface area (Å²) in [7, 11) is -3.00. The van der Waals surface area contributed by atoms with Gasteiger partial charge in [0.15, 0.2) is 0 Å². The molecule has 1 aliphatic heterocycles. The van der Waals surface area contributed by atoms with Crippen LogP contribution in [0.1, 0.15) is 19.8 Å². The highest BCUT2D eigenvalue weighted by Gasteiger charge is 2.28. The molecule has 0 aliphatic carbocycles. The maximum absolute atomic E-state index is 11.6. The highest BCUT2D eigenvalue weighted by Crippen LogP contribution is 2.18. The van der Waals surface area contributed by atoms with E-state index in [0.29, 0.717) is 32.0 Å². The van der Waals surface area contributed by atoms with Crippen molar-refractivity contribution in [2.75, 3.05) is 25.4 Å². The first kappa shape index (κ1) is 10.9. The molecule has 0 aromatic rings. The Hall–Kier alpha value is -0.130. The van der Waals surface area contributed by atoms with Crippen LogP contribution in [0.4, 0.5) is 0 Å². The van der Waals surface area contributed by atoms with Gasteiger partial charge in [-0.05, 0) is 25.3 Å². The molecule has 13 heavy (non-hydrogen) atoms. The fourth-order valence-corrected chi connectivity index (χ4v) is 3.20. The van der Waals surface area contributed by atoms with Gasteiger partial charge in [-0.1, -0.05) is 6.92 Å². The number of nitrogens with zero attached hydrogens (tertiary/aromatic N) is 1. The van der Waals surface area contributed by atoms with Crippen molar-refractivity contribution in [1.82, 2.24) is 4.31 Å². The number of nitrogens with two attached hydrogens (primary N) is 1. The smallest absolute Gasteiger partial charge is 0.214 e. The molecule has 0 bridgehead atoms. The monoisotopic (exact) mass is 206 g/mol. The average molecular weight is 206 g/mol. The SMILES string of the molecule is CC1CCN(S(=O)(=O)CCCN)C1. The van der Waals surface area contributed by atoms with Crippen LogP contribution in [0.25, 0.3) is 0 Å². The van der Waals surface area contributed by atoms with E-state index >= 15 is 0 Å². The topological polar surface area (TPSA) is 63.4 Å². The molecule has 0 amide bonds. The second-order valence-electron chi connectivity index (χ2n) is 3.71. The average Bonchev–Trinajstić information content (AvgIpc) is 2.49. The number of rotatable bonds is 4. The summed E-state index contributed by atoms with van der Waals surface area (Å²) in [5.41, 5.74) is 5.28. The van der Waals surface area contributed by atoms with E-state index in [-0.39, 0.29) is 5.75 Å². The van der Waals surface area contributed by atoms with Crippen molar-refractivity contribution in [3.63, 3.8) is 0 Å². The van der Waals surface area contributed by atoms with Crippen LogP contribution in [-0.2, 0) is 10.0 Å². The normalized spacial score (nSPS) is 25.2. The summed E-state index contributed by atoms with van der Waals surface area (Å²) in [5.74, 6) is 0.712. The zero-order valence-electron chi connectivity index (χ0n) is 8.07. The molecule has 0 aromatic heterocycles. The standard InChI is InChI=1S/C8H18N2O2S/c1-8-3-5-10(7-8)13(11,12)6-2-4-9/h8H,2-7,9H2,1H3. The van der Waals surface area contributed by atoms with Crippen molar-refractivity contribution in [1.29, 1.82) is 0 Å². The Morgan fingerprint density at radius 2 is 2.23 bits per heavy atom. The maximum Gasteiger partial charge on any atom is 0.214 e. The molecule has 0 radical (unpaired) electrons. The van der Waals surface area contributed by atoms with E-state index in [4.69, 9.17) is 5.73 Å². The summed E-state index contributed by atoms with van der Waals surface area (Å²) >= 11 is 0. The largest absolute Gasteiger partial charge is 0.330 e. The summed E-state index contributed by atoms with van der Waals surface area (Å²) < 4.78 is 24.8. The van der Waals surface area contributed by atoms with Crippen molar-refractivity contribution in [3.05, 3.63) is 0 Å². The van der Waals surface area contributed by atoms with Crippen LogP contribution < -0.4 is 5.73 Å². The molecule has 1 unspecified atom stereocenters. The van der Waals surface area contributed by atoms with Gasteiger partial charge >= 0.3 is 0 Å². The second-order valence-corrected chi connectivity index (χ2v) is 5.80. The fraction of sp³-hybridized carbons (Fsp3) is 1.00. The number of hydrogen-bond acceptors (Lipinski definition) is 3.